The maximum absolute atomic E-state index is 11.7. The zero-order valence-electron chi connectivity index (χ0n) is 16.9. The maximum atomic E-state index is 11.7. The summed E-state index contributed by atoms with van der Waals surface area (Å²) in [6, 6.07) is 8.23. The van der Waals surface area contributed by atoms with Crippen LogP contribution in [0.4, 0.5) is 0 Å². The van der Waals surface area contributed by atoms with Gasteiger partial charge in [-0.05, 0) is 44.6 Å². The second-order valence-electron chi connectivity index (χ2n) is 7.32. The van der Waals surface area contributed by atoms with Gasteiger partial charge in [0.2, 0.25) is 0 Å². The van der Waals surface area contributed by atoms with Gasteiger partial charge in [-0.15, -0.1) is 24.0 Å². The van der Waals surface area contributed by atoms with Gasteiger partial charge < -0.3 is 19.7 Å². The predicted molar refractivity (Wildman–Crippen MR) is 121 cm³/mol. The molecule has 1 saturated heterocycles. The van der Waals surface area contributed by atoms with Gasteiger partial charge in [-0.1, -0.05) is 18.2 Å². The Morgan fingerprint density at radius 2 is 1.86 bits per heavy atom. The van der Waals surface area contributed by atoms with Crippen molar-refractivity contribution in [2.45, 2.75) is 51.2 Å². The van der Waals surface area contributed by atoms with Crippen LogP contribution in [0.1, 0.15) is 44.1 Å². The smallest absolute Gasteiger partial charge is 0.308 e. The standard InChI is InChI=1S/C21H31N3O3.HI/c1-22-21(24-13-11-16(12-14-24)20(25)26-2)23-15-17-7-3-6-10-19(17)27-18-8-4-5-9-18;/h3,6-7,10,16,18H,4-5,8-9,11-15H2,1-2H3,(H,22,23);1H. The highest BCUT2D eigenvalue weighted by Crippen LogP contribution is 2.26. The minimum atomic E-state index is -0.101. The number of methoxy groups -OCH3 is 1. The fraction of sp³-hybridized carbons (Fsp3) is 0.619. The zero-order chi connectivity index (χ0) is 19.1. The minimum absolute atomic E-state index is 0. The van der Waals surface area contributed by atoms with Crippen molar-refractivity contribution in [3.8, 4) is 5.75 Å². The molecule has 0 amide bonds. The number of piperidine rings is 1. The second kappa shape index (κ2) is 11.5. The molecular formula is C21H32IN3O3. The number of hydrogen-bond acceptors (Lipinski definition) is 4. The van der Waals surface area contributed by atoms with E-state index in [4.69, 9.17) is 9.47 Å². The van der Waals surface area contributed by atoms with Gasteiger partial charge in [-0.2, -0.15) is 0 Å². The molecular weight excluding hydrogens is 469 g/mol. The van der Waals surface area contributed by atoms with Crippen LogP contribution in [0.25, 0.3) is 0 Å². The number of esters is 1. The summed E-state index contributed by atoms with van der Waals surface area (Å²) in [5, 5.41) is 3.46. The molecule has 7 heteroatoms. The Hall–Kier alpha value is -1.51. The van der Waals surface area contributed by atoms with Gasteiger partial charge in [0.25, 0.3) is 0 Å². The summed E-state index contributed by atoms with van der Waals surface area (Å²) in [6.45, 7) is 2.28. The Bertz CT molecular complexity index is 654. The third kappa shape index (κ3) is 5.99. The highest BCUT2D eigenvalue weighted by atomic mass is 127. The molecule has 2 fully saturated rings. The lowest BCUT2D eigenvalue weighted by molar-refractivity contribution is -0.146. The van der Waals surface area contributed by atoms with E-state index in [1.807, 2.05) is 12.1 Å². The van der Waals surface area contributed by atoms with E-state index in [9.17, 15) is 4.79 Å². The lowest BCUT2D eigenvalue weighted by Crippen LogP contribution is -2.46. The number of halogens is 1. The van der Waals surface area contributed by atoms with Crippen LogP contribution in [0.3, 0.4) is 0 Å². The molecule has 28 heavy (non-hydrogen) atoms. The number of nitrogens with zero attached hydrogens (tertiary/aromatic N) is 2. The van der Waals surface area contributed by atoms with E-state index in [0.717, 1.165) is 56.0 Å². The molecule has 0 bridgehead atoms. The molecule has 1 heterocycles. The van der Waals surface area contributed by atoms with Gasteiger partial charge in [0.1, 0.15) is 5.75 Å². The molecule has 0 unspecified atom stereocenters. The van der Waals surface area contributed by atoms with Gasteiger partial charge in [0, 0.05) is 32.2 Å². The van der Waals surface area contributed by atoms with E-state index in [0.29, 0.717) is 12.6 Å². The quantitative estimate of drug-likeness (QED) is 0.289. The van der Waals surface area contributed by atoms with Crippen LogP contribution in [-0.4, -0.2) is 50.2 Å². The second-order valence-corrected chi connectivity index (χ2v) is 7.32. The fourth-order valence-corrected chi connectivity index (χ4v) is 3.95. The number of carbonyl (C=O) groups excluding carboxylic acids is 1. The van der Waals surface area contributed by atoms with Crippen LogP contribution in [0, 0.1) is 5.92 Å². The molecule has 1 aliphatic carbocycles. The Morgan fingerprint density at radius 3 is 2.50 bits per heavy atom. The third-order valence-corrected chi connectivity index (χ3v) is 5.55. The van der Waals surface area contributed by atoms with E-state index < -0.39 is 0 Å². The molecule has 1 saturated carbocycles. The van der Waals surface area contributed by atoms with E-state index in [2.05, 4.69) is 27.3 Å². The van der Waals surface area contributed by atoms with Crippen molar-refractivity contribution < 1.29 is 14.3 Å². The number of likely N-dealkylation sites (tertiary alicyclic amines) is 1. The number of carbonyl (C=O) groups is 1. The average molecular weight is 501 g/mol. The molecule has 1 N–H and O–H groups in total. The number of aliphatic imine (C=N–C) groups is 1. The van der Waals surface area contributed by atoms with E-state index in [1.54, 1.807) is 7.05 Å². The minimum Gasteiger partial charge on any atom is -0.490 e. The first-order chi connectivity index (χ1) is 13.2. The Labute approximate surface area is 185 Å². The number of nitrogens with one attached hydrogen (secondary N) is 1. The molecule has 1 aromatic carbocycles. The topological polar surface area (TPSA) is 63.2 Å². The molecule has 0 atom stereocenters. The van der Waals surface area contributed by atoms with Gasteiger partial charge in [0.05, 0.1) is 19.1 Å². The molecule has 1 aliphatic heterocycles. The molecule has 0 radical (unpaired) electrons. The van der Waals surface area contributed by atoms with E-state index >= 15 is 0 Å². The molecule has 6 nitrogen and oxygen atoms in total. The van der Waals surface area contributed by atoms with Crippen LogP contribution >= 0.6 is 24.0 Å². The van der Waals surface area contributed by atoms with Gasteiger partial charge >= 0.3 is 5.97 Å². The van der Waals surface area contributed by atoms with Crippen molar-refractivity contribution in [2.24, 2.45) is 10.9 Å². The lowest BCUT2D eigenvalue weighted by atomic mass is 9.97. The molecule has 2 aliphatic rings. The highest BCUT2D eigenvalue weighted by Gasteiger charge is 2.27. The van der Waals surface area contributed by atoms with Crippen molar-refractivity contribution >= 4 is 35.9 Å². The van der Waals surface area contributed by atoms with Crippen molar-refractivity contribution in [3.05, 3.63) is 29.8 Å². The van der Waals surface area contributed by atoms with Crippen LogP contribution in [0.2, 0.25) is 0 Å². The summed E-state index contributed by atoms with van der Waals surface area (Å²) >= 11 is 0. The number of benzene rings is 1. The Balaban J connectivity index is 0.00000280. The number of para-hydroxylation sites is 1. The Kier molecular flexibility index (Phi) is 9.34. The predicted octanol–water partition coefficient (Wildman–Crippen LogP) is 3.59. The van der Waals surface area contributed by atoms with Crippen LogP contribution in [0.15, 0.2) is 29.3 Å². The summed E-state index contributed by atoms with van der Waals surface area (Å²) in [5.41, 5.74) is 1.15. The monoisotopic (exact) mass is 501 g/mol. The van der Waals surface area contributed by atoms with Crippen LogP contribution in [-0.2, 0) is 16.1 Å². The summed E-state index contributed by atoms with van der Waals surface area (Å²) in [4.78, 5) is 18.3. The van der Waals surface area contributed by atoms with Crippen molar-refractivity contribution in [2.75, 3.05) is 27.2 Å². The van der Waals surface area contributed by atoms with Crippen molar-refractivity contribution in [3.63, 3.8) is 0 Å². The van der Waals surface area contributed by atoms with E-state index in [1.165, 1.54) is 20.0 Å². The molecule has 0 aromatic heterocycles. The summed E-state index contributed by atoms with van der Waals surface area (Å²) in [6.07, 6.45) is 6.78. The van der Waals surface area contributed by atoms with Crippen molar-refractivity contribution in [1.29, 1.82) is 0 Å². The maximum Gasteiger partial charge on any atom is 0.308 e. The molecule has 1 aromatic rings. The first kappa shape index (κ1) is 22.8. The summed E-state index contributed by atoms with van der Waals surface area (Å²) in [7, 11) is 3.26. The number of hydrogen-bond donors (Lipinski definition) is 1. The summed E-state index contributed by atoms with van der Waals surface area (Å²) < 4.78 is 11.1. The number of rotatable bonds is 5. The van der Waals surface area contributed by atoms with Crippen LogP contribution in [0.5, 0.6) is 5.75 Å². The largest absolute Gasteiger partial charge is 0.490 e. The van der Waals surface area contributed by atoms with E-state index in [-0.39, 0.29) is 35.9 Å². The normalized spacial score (nSPS) is 18.5. The first-order valence-corrected chi connectivity index (χ1v) is 9.99. The molecule has 3 rings (SSSR count). The van der Waals surface area contributed by atoms with Crippen LogP contribution < -0.4 is 10.1 Å². The SMILES string of the molecule is CN=C(NCc1ccccc1OC1CCCC1)N1CCC(C(=O)OC)CC1.I. The average Bonchev–Trinajstić information content (AvgIpc) is 3.22. The zero-order valence-corrected chi connectivity index (χ0v) is 19.2. The first-order valence-electron chi connectivity index (χ1n) is 9.99. The third-order valence-electron chi connectivity index (χ3n) is 5.55. The molecule has 0 spiro atoms. The summed E-state index contributed by atoms with van der Waals surface area (Å²) in [5.74, 6) is 1.74. The Morgan fingerprint density at radius 1 is 1.18 bits per heavy atom. The van der Waals surface area contributed by atoms with Crippen molar-refractivity contribution in [1.82, 2.24) is 10.2 Å². The van der Waals surface area contributed by atoms with Gasteiger partial charge in [0.15, 0.2) is 5.96 Å². The number of guanidine groups is 1. The lowest BCUT2D eigenvalue weighted by Gasteiger charge is -2.33. The highest BCUT2D eigenvalue weighted by molar-refractivity contribution is 14.0. The molecule has 156 valence electrons. The van der Waals surface area contributed by atoms with Gasteiger partial charge in [-0.25, -0.2) is 0 Å². The fourth-order valence-electron chi connectivity index (χ4n) is 3.95. The number of ether oxygens (including phenoxy) is 2. The van der Waals surface area contributed by atoms with Gasteiger partial charge in [-0.3, -0.25) is 9.79 Å².